The summed E-state index contributed by atoms with van der Waals surface area (Å²) in [6.45, 7) is 8.35. The summed E-state index contributed by atoms with van der Waals surface area (Å²) in [5, 5.41) is 2.66. The largest absolute Gasteiger partial charge is 4.00 e. The van der Waals surface area contributed by atoms with Crippen LogP contribution in [0, 0.1) is 6.08 Å². The molecule has 1 aliphatic rings. The van der Waals surface area contributed by atoms with E-state index in [1.807, 2.05) is 6.08 Å². The van der Waals surface area contributed by atoms with E-state index in [1.54, 1.807) is 6.55 Å². The van der Waals surface area contributed by atoms with Crippen LogP contribution in [0.1, 0.15) is 52.9 Å². The number of hydrogen-bond acceptors (Lipinski definition) is 0. The molecule has 0 nitrogen and oxygen atoms in total. The van der Waals surface area contributed by atoms with Crippen molar-refractivity contribution in [2.24, 2.45) is 0 Å². The van der Waals surface area contributed by atoms with Crippen LogP contribution in [0.2, 0.25) is 6.55 Å². The molecule has 0 saturated heterocycles. The number of allylic oxidation sites excluding steroid dienone is 4. The summed E-state index contributed by atoms with van der Waals surface area (Å²) in [6.07, 6.45) is 13.8. The predicted octanol–water partition coefficient (Wildman–Crippen LogP) is 1.05. The molecule has 3 radical (unpaired) electrons. The van der Waals surface area contributed by atoms with Gasteiger partial charge in [0.1, 0.15) is 0 Å². The van der Waals surface area contributed by atoms with Crippen LogP contribution in [-0.2, 0) is 26.2 Å². The fourth-order valence-corrected chi connectivity index (χ4v) is 2.07. The van der Waals surface area contributed by atoms with Gasteiger partial charge in [-0.05, 0) is 0 Å². The van der Waals surface area contributed by atoms with E-state index in [9.17, 15) is 0 Å². The molecule has 0 spiro atoms. The Bertz CT molecular complexity index is 525. The molecule has 0 fully saturated rings. The number of halogens is 2. The quantitative estimate of drug-likeness (QED) is 0.346. The summed E-state index contributed by atoms with van der Waals surface area (Å²) in [7, 11) is 2.97. The second-order valence-corrected chi connectivity index (χ2v) is 5.36. The molecular weight excluding hydrogens is 454 g/mol. The van der Waals surface area contributed by atoms with Crippen LogP contribution in [0.15, 0.2) is 60.2 Å². The zero-order valence-electron chi connectivity index (χ0n) is 16.5. The molecule has 0 aliphatic heterocycles. The third-order valence-corrected chi connectivity index (χ3v) is 3.38. The van der Waals surface area contributed by atoms with Crippen molar-refractivity contribution >= 4 is 21.0 Å². The summed E-state index contributed by atoms with van der Waals surface area (Å²) in [6, 6.07) is 14.7. The molecule has 4 heteroatoms. The summed E-state index contributed by atoms with van der Waals surface area (Å²) >= 11 is 0. The Morgan fingerprint density at radius 1 is 1.00 bits per heavy atom. The maximum atomic E-state index is 3.05. The molecule has 0 unspecified atom stereocenters. The molecule has 0 heterocycles. The van der Waals surface area contributed by atoms with Crippen LogP contribution in [0.25, 0.3) is 10.8 Å². The van der Waals surface area contributed by atoms with Crippen molar-refractivity contribution in [3.8, 4) is 0 Å². The summed E-state index contributed by atoms with van der Waals surface area (Å²) < 4.78 is 0. The predicted molar refractivity (Wildman–Crippen MR) is 107 cm³/mol. The van der Waals surface area contributed by atoms with E-state index in [1.165, 1.54) is 42.0 Å². The van der Waals surface area contributed by atoms with Gasteiger partial charge in [-0.3, -0.25) is 6.08 Å². The molecule has 0 N–H and O–H groups in total. The van der Waals surface area contributed by atoms with Gasteiger partial charge in [-0.2, -0.15) is 23.6 Å². The van der Waals surface area contributed by atoms with E-state index >= 15 is 0 Å². The van der Waals surface area contributed by atoms with Gasteiger partial charge in [0.25, 0.3) is 0 Å². The standard InChI is InChI=1S/C9H7.C6H7.C6H14.CH3Si.2ClH.Zr/c1-2-5-9-7-3-6-8(9)4-1;1-6-4-2-3-5-6;1-3-5-6-4-2;1-2;;;/h1-7H;4-5H,2H2,1H3;3-6H2,1-2H3;1H3;2*1H;/q2*-1;;;;;+4/p-2. The van der Waals surface area contributed by atoms with Crippen molar-refractivity contribution < 1.29 is 51.0 Å². The normalized spacial score (nSPS) is 10.1. The monoisotopic (exact) mass is 483 g/mol. The molecule has 26 heavy (non-hydrogen) atoms. The van der Waals surface area contributed by atoms with Gasteiger partial charge in [-0.25, -0.2) is 11.6 Å². The number of benzene rings is 1. The van der Waals surface area contributed by atoms with E-state index in [4.69, 9.17) is 0 Å². The first-order chi connectivity index (χ1) is 11.3. The summed E-state index contributed by atoms with van der Waals surface area (Å²) in [4.78, 5) is 0. The van der Waals surface area contributed by atoms with Crippen LogP contribution >= 0.6 is 0 Å². The van der Waals surface area contributed by atoms with Gasteiger partial charge in [-0.1, -0.05) is 52.1 Å². The molecule has 141 valence electrons. The number of hydrogen-bond donors (Lipinski definition) is 0. The second-order valence-electron chi connectivity index (χ2n) is 5.36. The van der Waals surface area contributed by atoms with E-state index in [-0.39, 0.29) is 51.0 Å². The Morgan fingerprint density at radius 2 is 1.58 bits per heavy atom. The Hall–Kier alpha value is -0.0100. The summed E-state index contributed by atoms with van der Waals surface area (Å²) in [5.74, 6) is 0. The Labute approximate surface area is 196 Å². The number of fused-ring (bicyclic) bond motifs is 1. The average Bonchev–Trinajstić information content (AvgIpc) is 3.27. The van der Waals surface area contributed by atoms with Crippen LogP contribution in [0.4, 0.5) is 0 Å². The first kappa shape index (κ1) is 33.6. The molecule has 0 saturated carbocycles. The third kappa shape index (κ3) is 17.4. The Morgan fingerprint density at radius 3 is 1.96 bits per heavy atom. The van der Waals surface area contributed by atoms with Gasteiger partial charge in [0.15, 0.2) is 0 Å². The minimum Gasteiger partial charge on any atom is -1.00 e. The molecule has 3 rings (SSSR count). The number of unbranched alkanes of at least 4 members (excludes halogenated alkanes) is 3. The van der Waals surface area contributed by atoms with Crippen molar-refractivity contribution in [3.63, 3.8) is 0 Å². The summed E-state index contributed by atoms with van der Waals surface area (Å²) in [5.41, 5.74) is 1.34. The first-order valence-electron chi connectivity index (χ1n) is 8.61. The molecule has 0 atom stereocenters. The minimum atomic E-state index is 0. The molecule has 0 aromatic heterocycles. The van der Waals surface area contributed by atoms with Crippen molar-refractivity contribution in [3.05, 3.63) is 66.3 Å². The van der Waals surface area contributed by atoms with Gasteiger partial charge in [0, 0.05) is 10.2 Å². The van der Waals surface area contributed by atoms with Crippen LogP contribution in [0.5, 0.6) is 0 Å². The Kier molecular flexibility index (Phi) is 32.3. The average molecular weight is 486 g/mol. The molecule has 0 bridgehead atoms. The second kappa shape index (κ2) is 25.0. The van der Waals surface area contributed by atoms with Crippen LogP contribution < -0.4 is 24.8 Å². The zero-order valence-corrected chi connectivity index (χ0v) is 21.5. The van der Waals surface area contributed by atoms with E-state index in [0.29, 0.717) is 0 Å². The maximum absolute atomic E-state index is 3.05. The van der Waals surface area contributed by atoms with Gasteiger partial charge >= 0.3 is 26.2 Å². The zero-order chi connectivity index (χ0) is 17.3. The smallest absolute Gasteiger partial charge is 1.00 e. The first-order valence-corrected chi connectivity index (χ1v) is 9.61. The molecule has 0 amide bonds. The molecule has 1 aliphatic carbocycles. The van der Waals surface area contributed by atoms with E-state index in [0.717, 1.165) is 6.42 Å². The van der Waals surface area contributed by atoms with E-state index < -0.39 is 0 Å². The maximum Gasteiger partial charge on any atom is 4.00 e. The van der Waals surface area contributed by atoms with Crippen molar-refractivity contribution in [1.29, 1.82) is 0 Å². The van der Waals surface area contributed by atoms with Crippen molar-refractivity contribution in [2.75, 3.05) is 0 Å². The van der Waals surface area contributed by atoms with Crippen LogP contribution in [-0.4, -0.2) is 10.2 Å². The minimum absolute atomic E-state index is 0. The third-order valence-electron chi connectivity index (χ3n) is 3.38. The fraction of sp³-hybridized carbons (Fsp3) is 0.409. The van der Waals surface area contributed by atoms with Crippen LogP contribution in [0.3, 0.4) is 0 Å². The van der Waals surface area contributed by atoms with Crippen molar-refractivity contribution in [2.45, 2.75) is 59.4 Å². The van der Waals surface area contributed by atoms with Crippen molar-refractivity contribution in [1.82, 2.24) is 0 Å². The van der Waals surface area contributed by atoms with Gasteiger partial charge < -0.3 is 24.8 Å². The fourth-order valence-electron chi connectivity index (χ4n) is 2.07. The molecule has 2 aromatic rings. The molecular formula is C22H31Cl2SiZr. The SMILES string of the molecule is CC1=CC[C-]=C1.CCCCCC.C[Si].[Cl-].[Cl-].[Zr+4].c1ccc2[cH-]ccc2c1. The molecule has 2 aromatic carbocycles. The Balaban J connectivity index is -0.000000130. The topological polar surface area (TPSA) is 0 Å². The van der Waals surface area contributed by atoms with Gasteiger partial charge in [-0.15, -0.1) is 43.0 Å². The van der Waals surface area contributed by atoms with Gasteiger partial charge in [0.2, 0.25) is 0 Å². The van der Waals surface area contributed by atoms with E-state index in [2.05, 4.69) is 85.6 Å². The van der Waals surface area contributed by atoms with Gasteiger partial charge in [0.05, 0.1) is 0 Å². The number of rotatable bonds is 3.